The van der Waals surface area contributed by atoms with E-state index in [1.54, 1.807) is 39.4 Å². The van der Waals surface area contributed by atoms with Gasteiger partial charge in [-0.15, -0.1) is 0 Å². The van der Waals surface area contributed by atoms with Gasteiger partial charge in [-0.2, -0.15) is 0 Å². The van der Waals surface area contributed by atoms with E-state index in [4.69, 9.17) is 0 Å². The fraction of sp³-hybridized carbons (Fsp3) is 0.400. The zero-order valence-electron chi connectivity index (χ0n) is 12.4. The Bertz CT molecular complexity index is 325. The van der Waals surface area contributed by atoms with Crippen molar-refractivity contribution in [3.63, 3.8) is 0 Å². The SMILES string of the molecule is C=C/C(=C\C=C/C)C(=O)CC(=O)C=O.CC.COC. The van der Waals surface area contributed by atoms with E-state index in [1.165, 1.54) is 6.08 Å². The molecular weight excluding hydrogens is 244 g/mol. The predicted octanol–water partition coefficient (Wildman–Crippen LogP) is 2.69. The molecular formula is C15H24O4. The van der Waals surface area contributed by atoms with E-state index >= 15 is 0 Å². The van der Waals surface area contributed by atoms with Crippen LogP contribution in [0.15, 0.2) is 36.5 Å². The molecule has 0 saturated carbocycles. The van der Waals surface area contributed by atoms with Crippen LogP contribution >= 0.6 is 0 Å². The summed E-state index contributed by atoms with van der Waals surface area (Å²) in [6.07, 6.45) is 6.08. The van der Waals surface area contributed by atoms with Gasteiger partial charge in [-0.1, -0.05) is 44.7 Å². The predicted molar refractivity (Wildman–Crippen MR) is 78.1 cm³/mol. The number of ketones is 2. The molecule has 0 fully saturated rings. The number of rotatable bonds is 6. The average molecular weight is 268 g/mol. The van der Waals surface area contributed by atoms with Crippen molar-refractivity contribution in [2.24, 2.45) is 0 Å². The maximum Gasteiger partial charge on any atom is 0.202 e. The van der Waals surface area contributed by atoms with Gasteiger partial charge in [-0.25, -0.2) is 0 Å². The topological polar surface area (TPSA) is 60.4 Å². The molecule has 0 rings (SSSR count). The Morgan fingerprint density at radius 3 is 2.00 bits per heavy atom. The van der Waals surface area contributed by atoms with Crippen molar-refractivity contribution < 1.29 is 19.1 Å². The first-order chi connectivity index (χ1) is 9.06. The molecule has 0 aliphatic heterocycles. The van der Waals surface area contributed by atoms with E-state index in [1.807, 2.05) is 13.8 Å². The molecule has 0 aromatic rings. The van der Waals surface area contributed by atoms with Crippen molar-refractivity contribution in [1.82, 2.24) is 0 Å². The number of carbonyl (C=O) groups excluding carboxylic acids is 3. The first-order valence-electron chi connectivity index (χ1n) is 5.94. The van der Waals surface area contributed by atoms with E-state index in [0.29, 0.717) is 5.57 Å². The fourth-order valence-electron chi connectivity index (χ4n) is 0.777. The normalized spacial score (nSPS) is 9.63. The summed E-state index contributed by atoms with van der Waals surface area (Å²) in [5.74, 6) is -1.11. The van der Waals surface area contributed by atoms with Crippen molar-refractivity contribution in [2.75, 3.05) is 14.2 Å². The zero-order chi connectivity index (χ0) is 15.7. The summed E-state index contributed by atoms with van der Waals surface area (Å²) in [7, 11) is 3.25. The smallest absolute Gasteiger partial charge is 0.202 e. The summed E-state index contributed by atoms with van der Waals surface area (Å²) in [6.45, 7) is 9.25. The van der Waals surface area contributed by atoms with E-state index in [-0.39, 0.29) is 12.7 Å². The molecule has 0 heterocycles. The highest BCUT2D eigenvalue weighted by molar-refractivity contribution is 6.31. The molecule has 0 unspecified atom stereocenters. The number of allylic oxidation sites excluding steroid dienone is 5. The molecule has 0 aromatic heterocycles. The Morgan fingerprint density at radius 1 is 1.21 bits per heavy atom. The van der Waals surface area contributed by atoms with Crippen LogP contribution in [-0.4, -0.2) is 32.1 Å². The van der Waals surface area contributed by atoms with Crippen LogP contribution in [0.3, 0.4) is 0 Å². The number of carbonyl (C=O) groups is 3. The number of hydrogen-bond acceptors (Lipinski definition) is 4. The van der Waals surface area contributed by atoms with Gasteiger partial charge in [0.2, 0.25) is 5.78 Å². The maximum absolute atomic E-state index is 11.3. The van der Waals surface area contributed by atoms with Crippen molar-refractivity contribution in [1.29, 1.82) is 0 Å². The third kappa shape index (κ3) is 16.2. The summed E-state index contributed by atoms with van der Waals surface area (Å²) in [5, 5.41) is 0. The summed E-state index contributed by atoms with van der Waals surface area (Å²) in [6, 6.07) is 0. The summed E-state index contributed by atoms with van der Waals surface area (Å²) in [5.41, 5.74) is 0.332. The Labute approximate surface area is 115 Å². The van der Waals surface area contributed by atoms with Gasteiger partial charge in [0.05, 0.1) is 6.42 Å². The van der Waals surface area contributed by atoms with Crippen molar-refractivity contribution in [3.05, 3.63) is 36.5 Å². The number of methoxy groups -OCH3 is 1. The molecule has 0 aliphatic rings. The third-order valence-electron chi connectivity index (χ3n) is 1.48. The fourth-order valence-corrected chi connectivity index (χ4v) is 0.777. The van der Waals surface area contributed by atoms with Gasteiger partial charge in [0.15, 0.2) is 12.1 Å². The highest BCUT2D eigenvalue weighted by Gasteiger charge is 2.10. The third-order valence-corrected chi connectivity index (χ3v) is 1.48. The maximum atomic E-state index is 11.3. The summed E-state index contributed by atoms with van der Waals surface area (Å²) >= 11 is 0. The highest BCUT2D eigenvalue weighted by Crippen LogP contribution is 2.02. The lowest BCUT2D eigenvalue weighted by Gasteiger charge is -1.96. The Balaban J connectivity index is -0.000000445. The molecule has 108 valence electrons. The van der Waals surface area contributed by atoms with E-state index in [9.17, 15) is 14.4 Å². The van der Waals surface area contributed by atoms with Gasteiger partial charge in [0.1, 0.15) is 0 Å². The molecule has 0 N–H and O–H groups in total. The second-order valence-electron chi connectivity index (χ2n) is 2.94. The summed E-state index contributed by atoms with van der Waals surface area (Å²) < 4.78 is 4.25. The van der Waals surface area contributed by atoms with Crippen molar-refractivity contribution in [3.8, 4) is 0 Å². The van der Waals surface area contributed by atoms with Gasteiger partial charge < -0.3 is 4.74 Å². The van der Waals surface area contributed by atoms with Gasteiger partial charge in [-0.05, 0) is 6.92 Å². The van der Waals surface area contributed by atoms with Crippen molar-refractivity contribution >= 4 is 17.9 Å². The first kappa shape index (κ1) is 22.4. The number of ether oxygens (including phenoxy) is 1. The lowest BCUT2D eigenvalue weighted by atomic mass is 10.1. The minimum absolute atomic E-state index is 0.147. The van der Waals surface area contributed by atoms with Gasteiger partial charge >= 0.3 is 0 Å². The van der Waals surface area contributed by atoms with Crippen LogP contribution in [0.1, 0.15) is 27.2 Å². The second kappa shape index (κ2) is 18.6. The van der Waals surface area contributed by atoms with Crippen LogP contribution in [0.2, 0.25) is 0 Å². The van der Waals surface area contributed by atoms with Crippen LogP contribution in [0.25, 0.3) is 0 Å². The summed E-state index contributed by atoms with van der Waals surface area (Å²) in [4.78, 5) is 31.9. The molecule has 0 spiro atoms. The molecule has 0 saturated heterocycles. The molecule has 0 radical (unpaired) electrons. The lowest BCUT2D eigenvalue weighted by molar-refractivity contribution is -0.132. The van der Waals surface area contributed by atoms with E-state index in [2.05, 4.69) is 11.3 Å². The monoisotopic (exact) mass is 268 g/mol. The number of hydrogen-bond donors (Lipinski definition) is 0. The van der Waals surface area contributed by atoms with E-state index in [0.717, 1.165) is 0 Å². The highest BCUT2D eigenvalue weighted by atomic mass is 16.4. The van der Waals surface area contributed by atoms with Gasteiger partial charge in [-0.3, -0.25) is 14.4 Å². The molecule has 4 heteroatoms. The first-order valence-corrected chi connectivity index (χ1v) is 5.94. The molecule has 19 heavy (non-hydrogen) atoms. The molecule has 0 bridgehead atoms. The molecule has 0 aromatic carbocycles. The molecule has 0 amide bonds. The second-order valence-corrected chi connectivity index (χ2v) is 2.94. The number of aldehydes is 1. The largest absolute Gasteiger partial charge is 0.388 e. The van der Waals surface area contributed by atoms with Gasteiger partial charge in [0.25, 0.3) is 0 Å². The van der Waals surface area contributed by atoms with Crippen LogP contribution < -0.4 is 0 Å². The standard InChI is InChI=1S/C11H12O3.C2H6O.C2H6/c1-3-5-6-9(4-2)11(14)7-10(13)8-12;1-3-2;1-2/h3-6,8H,2,7H2,1H3;1-2H3;1-2H3/b5-3-,9-6+;;. The van der Waals surface area contributed by atoms with Crippen molar-refractivity contribution in [2.45, 2.75) is 27.2 Å². The van der Waals surface area contributed by atoms with E-state index < -0.39 is 11.6 Å². The molecule has 0 aliphatic carbocycles. The van der Waals surface area contributed by atoms with Crippen LogP contribution in [0, 0.1) is 0 Å². The average Bonchev–Trinajstić information content (AvgIpc) is 2.42. The number of Topliss-reactive ketones (excluding diaryl/α,β-unsaturated/α-hetero) is 2. The quantitative estimate of drug-likeness (QED) is 0.244. The van der Waals surface area contributed by atoms with Crippen LogP contribution in [0.5, 0.6) is 0 Å². The Kier molecular flexibility index (Phi) is 21.8. The minimum Gasteiger partial charge on any atom is -0.388 e. The minimum atomic E-state index is -0.719. The van der Waals surface area contributed by atoms with Crippen LogP contribution in [0.4, 0.5) is 0 Å². The van der Waals surface area contributed by atoms with Gasteiger partial charge in [0, 0.05) is 19.8 Å². The Hall–Kier alpha value is -1.81. The molecule has 4 nitrogen and oxygen atoms in total. The zero-order valence-corrected chi connectivity index (χ0v) is 12.4. The lowest BCUT2D eigenvalue weighted by Crippen LogP contribution is -2.09. The molecule has 0 atom stereocenters. The Morgan fingerprint density at radius 2 is 1.68 bits per heavy atom. The van der Waals surface area contributed by atoms with Crippen LogP contribution in [-0.2, 0) is 19.1 Å².